The van der Waals surface area contributed by atoms with Crippen LogP contribution in [0.1, 0.15) is 13.8 Å². The molecule has 0 heterocycles. The van der Waals surface area contributed by atoms with Crippen LogP contribution in [0, 0.1) is 0 Å². The summed E-state index contributed by atoms with van der Waals surface area (Å²) in [6.07, 6.45) is 1.86. The Morgan fingerprint density at radius 2 is 1.50 bits per heavy atom. The Bertz CT molecular complexity index is 83.1. The highest BCUT2D eigenvalue weighted by Crippen LogP contribution is 1.77. The van der Waals surface area contributed by atoms with Crippen molar-refractivity contribution in [3.8, 4) is 0 Å². The number of ether oxygens (including phenoxy) is 1. The van der Waals surface area contributed by atoms with Gasteiger partial charge in [-0.05, 0) is 13.8 Å². The lowest BCUT2D eigenvalue weighted by Gasteiger charge is -1.94. The molecule has 0 aromatic carbocycles. The average Bonchev–Trinajstić information content (AvgIpc) is 1.89. The number of methoxy groups -OCH3 is 1. The molecule has 1 atom stereocenters. The van der Waals surface area contributed by atoms with Crippen LogP contribution >= 0.6 is 0 Å². The van der Waals surface area contributed by atoms with Gasteiger partial charge in [-0.1, -0.05) is 0 Å². The molecule has 64 valence electrons. The Morgan fingerprint density at radius 3 is 1.50 bits per heavy atom. The van der Waals surface area contributed by atoms with Crippen molar-refractivity contribution in [2.24, 2.45) is 0 Å². The fourth-order valence-corrected chi connectivity index (χ4v) is 0. The largest absolute Gasteiger partial charge is 0.382 e. The molecule has 0 aromatic heterocycles. The van der Waals surface area contributed by atoms with Crippen molar-refractivity contribution in [2.45, 2.75) is 20.0 Å². The van der Waals surface area contributed by atoms with Gasteiger partial charge >= 0.3 is 0 Å². The molecular formula is C6H16O3S. The van der Waals surface area contributed by atoms with Crippen molar-refractivity contribution >= 4 is 11.1 Å². The molecule has 10 heavy (non-hydrogen) atoms. The molecular weight excluding hydrogens is 152 g/mol. The SMILES string of the molecule is COC(C)C.COS(C)=O. The van der Waals surface area contributed by atoms with E-state index in [4.69, 9.17) is 4.74 Å². The third kappa shape index (κ3) is 24.4. The molecule has 1 unspecified atom stereocenters. The van der Waals surface area contributed by atoms with Gasteiger partial charge in [0.05, 0.1) is 13.2 Å². The molecule has 0 aliphatic rings. The Balaban J connectivity index is 0. The summed E-state index contributed by atoms with van der Waals surface area (Å²) in [6.45, 7) is 4.00. The maximum atomic E-state index is 9.70. The Morgan fingerprint density at radius 1 is 1.30 bits per heavy atom. The molecule has 4 heteroatoms. The van der Waals surface area contributed by atoms with Gasteiger partial charge in [0.1, 0.15) is 0 Å². The molecule has 0 aliphatic heterocycles. The van der Waals surface area contributed by atoms with Crippen molar-refractivity contribution in [3.05, 3.63) is 0 Å². The first-order valence-electron chi connectivity index (χ1n) is 2.95. The van der Waals surface area contributed by atoms with E-state index in [0.29, 0.717) is 6.10 Å². The lowest BCUT2D eigenvalue weighted by molar-refractivity contribution is 0.134. The van der Waals surface area contributed by atoms with Crippen molar-refractivity contribution in [3.63, 3.8) is 0 Å². The molecule has 0 saturated carbocycles. The first kappa shape index (κ1) is 12.7. The van der Waals surface area contributed by atoms with Crippen LogP contribution in [0.5, 0.6) is 0 Å². The van der Waals surface area contributed by atoms with Crippen LogP contribution in [0.25, 0.3) is 0 Å². The molecule has 0 bridgehead atoms. The smallest absolute Gasteiger partial charge is 0.151 e. The van der Waals surface area contributed by atoms with E-state index in [2.05, 4.69) is 4.18 Å². The topological polar surface area (TPSA) is 35.5 Å². The van der Waals surface area contributed by atoms with E-state index >= 15 is 0 Å². The standard InChI is InChI=1S/C4H10O.C2H6O2S/c1-4(2)5-3;1-4-5(2)3/h4H,1-3H3;1-2H3. The van der Waals surface area contributed by atoms with Crippen LogP contribution in [0.4, 0.5) is 0 Å². The monoisotopic (exact) mass is 168 g/mol. The van der Waals surface area contributed by atoms with Gasteiger partial charge in [-0.15, -0.1) is 0 Å². The van der Waals surface area contributed by atoms with Crippen LogP contribution in [-0.4, -0.2) is 30.8 Å². The summed E-state index contributed by atoms with van der Waals surface area (Å²) in [5.74, 6) is 0. The van der Waals surface area contributed by atoms with Crippen molar-refractivity contribution in [1.82, 2.24) is 0 Å². The molecule has 0 amide bonds. The van der Waals surface area contributed by atoms with Gasteiger partial charge in [-0.3, -0.25) is 4.18 Å². The first-order valence-corrected chi connectivity index (χ1v) is 4.43. The minimum Gasteiger partial charge on any atom is -0.382 e. The van der Waals surface area contributed by atoms with Gasteiger partial charge in [0.2, 0.25) is 0 Å². The van der Waals surface area contributed by atoms with Gasteiger partial charge in [-0.25, -0.2) is 4.21 Å². The zero-order chi connectivity index (χ0) is 8.57. The lowest BCUT2D eigenvalue weighted by Crippen LogP contribution is -1.94. The maximum Gasteiger partial charge on any atom is 0.151 e. The molecule has 0 fully saturated rings. The number of rotatable bonds is 2. The summed E-state index contributed by atoms with van der Waals surface area (Å²) >= 11 is -1.07. The predicted octanol–water partition coefficient (Wildman–Crippen LogP) is 0.968. The summed E-state index contributed by atoms with van der Waals surface area (Å²) < 4.78 is 18.7. The fraction of sp³-hybridized carbons (Fsp3) is 1.00. The third-order valence-corrected chi connectivity index (χ3v) is 1.18. The van der Waals surface area contributed by atoms with E-state index in [9.17, 15) is 4.21 Å². The van der Waals surface area contributed by atoms with E-state index in [1.807, 2.05) is 13.8 Å². The summed E-state index contributed by atoms with van der Waals surface area (Å²) in [5, 5.41) is 0. The zero-order valence-corrected chi connectivity index (χ0v) is 8.03. The van der Waals surface area contributed by atoms with Gasteiger partial charge in [-0.2, -0.15) is 0 Å². The molecule has 0 saturated heterocycles. The van der Waals surface area contributed by atoms with Gasteiger partial charge in [0, 0.05) is 13.4 Å². The van der Waals surface area contributed by atoms with Crippen molar-refractivity contribution in [1.29, 1.82) is 0 Å². The molecule has 0 aliphatic carbocycles. The molecule has 0 aromatic rings. The average molecular weight is 168 g/mol. The minimum atomic E-state index is -1.07. The number of hydrogen-bond acceptors (Lipinski definition) is 3. The molecule has 0 radical (unpaired) electrons. The zero-order valence-electron chi connectivity index (χ0n) is 7.21. The van der Waals surface area contributed by atoms with Crippen LogP contribution in [0.3, 0.4) is 0 Å². The first-order chi connectivity index (χ1) is 4.54. The fourth-order valence-electron chi connectivity index (χ4n) is 0. The van der Waals surface area contributed by atoms with Crippen LogP contribution in [0.15, 0.2) is 0 Å². The summed E-state index contributed by atoms with van der Waals surface area (Å²) in [7, 11) is 3.10. The minimum absolute atomic E-state index is 0.384. The van der Waals surface area contributed by atoms with Crippen LogP contribution in [-0.2, 0) is 20.0 Å². The summed E-state index contributed by atoms with van der Waals surface area (Å²) in [6, 6.07) is 0. The van der Waals surface area contributed by atoms with Gasteiger partial charge < -0.3 is 4.74 Å². The van der Waals surface area contributed by atoms with E-state index in [1.54, 1.807) is 7.11 Å². The predicted molar refractivity (Wildman–Crippen MR) is 43.2 cm³/mol. The normalized spacial score (nSPS) is 12.2. The quantitative estimate of drug-likeness (QED) is 0.616. The highest BCUT2D eigenvalue weighted by molar-refractivity contribution is 7.79. The van der Waals surface area contributed by atoms with E-state index in [-0.39, 0.29) is 0 Å². The van der Waals surface area contributed by atoms with E-state index in [1.165, 1.54) is 13.4 Å². The van der Waals surface area contributed by atoms with Gasteiger partial charge in [0.25, 0.3) is 0 Å². The second kappa shape index (κ2) is 9.07. The highest BCUT2D eigenvalue weighted by atomic mass is 32.2. The van der Waals surface area contributed by atoms with E-state index < -0.39 is 11.1 Å². The van der Waals surface area contributed by atoms with Crippen LogP contribution < -0.4 is 0 Å². The second-order valence-corrected chi connectivity index (χ2v) is 2.99. The van der Waals surface area contributed by atoms with Crippen molar-refractivity contribution < 1.29 is 13.1 Å². The highest BCUT2D eigenvalue weighted by Gasteiger charge is 1.78. The molecule has 0 rings (SSSR count). The molecule has 0 N–H and O–H groups in total. The van der Waals surface area contributed by atoms with E-state index in [0.717, 1.165) is 0 Å². The molecule has 3 nitrogen and oxygen atoms in total. The van der Waals surface area contributed by atoms with Crippen molar-refractivity contribution in [2.75, 3.05) is 20.5 Å². The van der Waals surface area contributed by atoms with Crippen LogP contribution in [0.2, 0.25) is 0 Å². The Hall–Kier alpha value is 0.0700. The summed E-state index contributed by atoms with van der Waals surface area (Å²) in [4.78, 5) is 0. The number of hydrogen-bond donors (Lipinski definition) is 0. The van der Waals surface area contributed by atoms with Gasteiger partial charge in [0.15, 0.2) is 11.1 Å². The summed E-state index contributed by atoms with van der Waals surface area (Å²) in [5.41, 5.74) is 0. The Kier molecular flexibility index (Phi) is 11.5. The third-order valence-electron chi connectivity index (χ3n) is 0.706. The second-order valence-electron chi connectivity index (χ2n) is 1.85. The lowest BCUT2D eigenvalue weighted by atomic mass is 10.5. The Labute approximate surface area is 65.4 Å². The molecule has 0 spiro atoms. The maximum absolute atomic E-state index is 9.70.